The third kappa shape index (κ3) is 3.23. The first kappa shape index (κ1) is 12.5. The molecule has 0 aliphatic heterocycles. The largest absolute Gasteiger partial charge is 0.398 e. The van der Waals surface area contributed by atoms with E-state index < -0.39 is 9.84 Å². The van der Waals surface area contributed by atoms with Crippen molar-refractivity contribution in [3.8, 4) is 0 Å². The molecule has 1 N–H and O–H groups in total. The van der Waals surface area contributed by atoms with Gasteiger partial charge in [0, 0.05) is 6.26 Å². The second kappa shape index (κ2) is 4.98. The van der Waals surface area contributed by atoms with Gasteiger partial charge in [-0.05, 0) is 19.1 Å². The van der Waals surface area contributed by atoms with Crippen molar-refractivity contribution in [2.24, 2.45) is 5.16 Å². The number of anilines is 1. The van der Waals surface area contributed by atoms with Crippen LogP contribution in [0.25, 0.3) is 0 Å². The van der Waals surface area contributed by atoms with Crippen molar-refractivity contribution in [1.29, 1.82) is 0 Å². The first-order valence-corrected chi connectivity index (χ1v) is 6.48. The van der Waals surface area contributed by atoms with Crippen LogP contribution in [0.5, 0.6) is 0 Å². The van der Waals surface area contributed by atoms with Crippen LogP contribution in [0.4, 0.5) is 5.69 Å². The summed E-state index contributed by atoms with van der Waals surface area (Å²) in [5.74, 6) is 0.485. The Bertz CT molecular complexity index is 495. The van der Waals surface area contributed by atoms with E-state index >= 15 is 0 Å². The lowest BCUT2D eigenvalue weighted by Crippen LogP contribution is -2.11. The fourth-order valence-corrected chi connectivity index (χ4v) is 2.09. The summed E-state index contributed by atoms with van der Waals surface area (Å²) < 4.78 is 23.0. The van der Waals surface area contributed by atoms with Gasteiger partial charge in [0.15, 0.2) is 9.84 Å². The maximum absolute atomic E-state index is 11.5. The fraction of sp³-hybridized carbons (Fsp3) is 0.300. The van der Waals surface area contributed by atoms with Gasteiger partial charge < -0.3 is 10.2 Å². The molecule has 0 unspecified atom stereocenters. The number of benzene rings is 1. The predicted octanol–water partition coefficient (Wildman–Crippen LogP) is 1.48. The smallest absolute Gasteiger partial charge is 0.177 e. The van der Waals surface area contributed by atoms with Crippen molar-refractivity contribution in [3.63, 3.8) is 0 Å². The van der Waals surface area contributed by atoms with E-state index in [0.29, 0.717) is 11.5 Å². The Morgan fingerprint density at radius 1 is 1.38 bits per heavy atom. The van der Waals surface area contributed by atoms with Crippen LogP contribution in [0.2, 0.25) is 0 Å². The number of sulfone groups is 1. The number of para-hydroxylation sites is 1. The van der Waals surface area contributed by atoms with Gasteiger partial charge in [-0.25, -0.2) is 8.42 Å². The van der Waals surface area contributed by atoms with Gasteiger partial charge in [0.1, 0.15) is 12.9 Å². The molecule has 1 rings (SSSR count). The summed E-state index contributed by atoms with van der Waals surface area (Å²) in [6.45, 7) is 1.68. The molecular weight excluding hydrogens is 228 g/mol. The molecule has 6 heteroatoms. The highest BCUT2D eigenvalue weighted by molar-refractivity contribution is 7.90. The minimum absolute atomic E-state index is 0.237. The molecule has 0 bridgehead atoms. The summed E-state index contributed by atoms with van der Waals surface area (Å²) in [7, 11) is -1.83. The minimum atomic E-state index is -3.25. The van der Waals surface area contributed by atoms with Gasteiger partial charge in [-0.2, -0.15) is 0 Å². The van der Waals surface area contributed by atoms with Gasteiger partial charge in [-0.15, -0.1) is 0 Å². The molecule has 0 aliphatic carbocycles. The standard InChI is InChI=1S/C10H14N2O3S/c1-8(12-15-2)11-9-6-4-5-7-10(9)16(3,13)14/h4-7H,1-3H3,(H,11,12). The summed E-state index contributed by atoms with van der Waals surface area (Å²) in [5, 5.41) is 6.52. The zero-order valence-corrected chi connectivity index (χ0v) is 10.2. The molecule has 0 fully saturated rings. The lowest BCUT2D eigenvalue weighted by Gasteiger charge is -2.09. The molecule has 0 amide bonds. The van der Waals surface area contributed by atoms with Crippen molar-refractivity contribution < 1.29 is 13.3 Å². The van der Waals surface area contributed by atoms with Crippen molar-refractivity contribution in [1.82, 2.24) is 0 Å². The topological polar surface area (TPSA) is 67.8 Å². The SMILES string of the molecule is CON=C(C)Nc1ccccc1S(C)(=O)=O. The Balaban J connectivity index is 3.11. The van der Waals surface area contributed by atoms with Gasteiger partial charge in [0.05, 0.1) is 10.6 Å². The van der Waals surface area contributed by atoms with Crippen LogP contribution >= 0.6 is 0 Å². The van der Waals surface area contributed by atoms with Gasteiger partial charge in [0.2, 0.25) is 0 Å². The normalized spacial score (nSPS) is 12.3. The molecule has 0 saturated heterocycles. The predicted molar refractivity (Wildman–Crippen MR) is 63.3 cm³/mol. The Labute approximate surface area is 95.0 Å². The van der Waals surface area contributed by atoms with E-state index in [1.165, 1.54) is 13.2 Å². The van der Waals surface area contributed by atoms with Crippen LogP contribution in [0.3, 0.4) is 0 Å². The molecule has 16 heavy (non-hydrogen) atoms. The summed E-state index contributed by atoms with van der Waals surface area (Å²) in [6.07, 6.45) is 1.16. The fourth-order valence-electron chi connectivity index (χ4n) is 1.25. The number of amidine groups is 1. The maximum Gasteiger partial charge on any atom is 0.177 e. The third-order valence-electron chi connectivity index (χ3n) is 1.83. The van der Waals surface area contributed by atoms with E-state index in [0.717, 1.165) is 6.26 Å². The lowest BCUT2D eigenvalue weighted by molar-refractivity contribution is 0.213. The molecule has 0 spiro atoms. The van der Waals surface area contributed by atoms with Crippen LogP contribution in [0, 0.1) is 0 Å². The highest BCUT2D eigenvalue weighted by Crippen LogP contribution is 2.20. The lowest BCUT2D eigenvalue weighted by atomic mass is 10.3. The van der Waals surface area contributed by atoms with Gasteiger partial charge in [-0.3, -0.25) is 0 Å². The third-order valence-corrected chi connectivity index (χ3v) is 2.99. The first-order chi connectivity index (χ1) is 7.45. The van der Waals surface area contributed by atoms with E-state index in [-0.39, 0.29) is 4.90 Å². The zero-order valence-electron chi connectivity index (χ0n) is 9.39. The highest BCUT2D eigenvalue weighted by Gasteiger charge is 2.12. The van der Waals surface area contributed by atoms with E-state index in [1.807, 2.05) is 0 Å². The molecule has 0 radical (unpaired) electrons. The van der Waals surface area contributed by atoms with Crippen LogP contribution in [-0.2, 0) is 14.7 Å². The molecule has 1 aromatic carbocycles. The summed E-state index contributed by atoms with van der Waals surface area (Å²) in [5.41, 5.74) is 0.489. The first-order valence-electron chi connectivity index (χ1n) is 4.59. The quantitative estimate of drug-likeness (QED) is 0.495. The molecular formula is C10H14N2O3S. The number of rotatable bonds is 3. The molecule has 0 saturated carbocycles. The molecule has 0 heterocycles. The second-order valence-electron chi connectivity index (χ2n) is 3.25. The van der Waals surface area contributed by atoms with E-state index in [9.17, 15) is 8.42 Å². The Morgan fingerprint density at radius 3 is 2.56 bits per heavy atom. The van der Waals surface area contributed by atoms with Crippen LogP contribution in [0.1, 0.15) is 6.92 Å². The summed E-state index contributed by atoms with van der Waals surface area (Å²) in [4.78, 5) is 4.81. The number of nitrogens with one attached hydrogen (secondary N) is 1. The summed E-state index contributed by atoms with van der Waals surface area (Å²) >= 11 is 0. The van der Waals surface area contributed by atoms with E-state index in [4.69, 9.17) is 0 Å². The van der Waals surface area contributed by atoms with Crippen molar-refractivity contribution in [2.45, 2.75) is 11.8 Å². The molecule has 1 aromatic rings. The number of oxime groups is 1. The Hall–Kier alpha value is -1.56. The van der Waals surface area contributed by atoms with E-state index in [1.54, 1.807) is 25.1 Å². The van der Waals surface area contributed by atoms with Crippen molar-refractivity contribution in [3.05, 3.63) is 24.3 Å². The van der Waals surface area contributed by atoms with Gasteiger partial charge in [0.25, 0.3) is 0 Å². The maximum atomic E-state index is 11.5. The molecule has 0 atom stereocenters. The zero-order chi connectivity index (χ0) is 12.2. The average molecular weight is 242 g/mol. The summed E-state index contributed by atoms with van der Waals surface area (Å²) in [6, 6.07) is 6.63. The molecule has 0 aliphatic rings. The van der Waals surface area contributed by atoms with Crippen molar-refractivity contribution >= 4 is 21.4 Å². The number of hydrogen-bond acceptors (Lipinski definition) is 4. The van der Waals surface area contributed by atoms with Gasteiger partial charge >= 0.3 is 0 Å². The van der Waals surface area contributed by atoms with Crippen LogP contribution in [0.15, 0.2) is 34.3 Å². The van der Waals surface area contributed by atoms with Gasteiger partial charge in [-0.1, -0.05) is 17.3 Å². The minimum Gasteiger partial charge on any atom is -0.398 e. The Kier molecular flexibility index (Phi) is 3.89. The van der Waals surface area contributed by atoms with Crippen LogP contribution in [-0.4, -0.2) is 27.6 Å². The highest BCUT2D eigenvalue weighted by atomic mass is 32.2. The molecule has 88 valence electrons. The Morgan fingerprint density at radius 2 is 2.00 bits per heavy atom. The average Bonchev–Trinajstić information content (AvgIpc) is 2.17. The van der Waals surface area contributed by atoms with Crippen LogP contribution < -0.4 is 5.32 Å². The van der Waals surface area contributed by atoms with E-state index in [2.05, 4.69) is 15.3 Å². The number of nitrogens with zero attached hydrogens (tertiary/aromatic N) is 1. The molecule has 5 nitrogen and oxygen atoms in total. The number of hydrogen-bond donors (Lipinski definition) is 1. The van der Waals surface area contributed by atoms with Crippen molar-refractivity contribution in [2.75, 3.05) is 18.7 Å². The second-order valence-corrected chi connectivity index (χ2v) is 5.24. The monoisotopic (exact) mass is 242 g/mol. The molecule has 0 aromatic heterocycles.